The summed E-state index contributed by atoms with van der Waals surface area (Å²) in [6.45, 7) is 4.36. The Morgan fingerprint density at radius 1 is 0.960 bits per heavy atom. The average Bonchev–Trinajstić information content (AvgIpc) is 2.59. The molecule has 1 atom stereocenters. The van der Waals surface area contributed by atoms with Crippen LogP contribution in [0.1, 0.15) is 58.8 Å². The topological polar surface area (TPSA) is 46.5 Å². The Hall–Kier alpha value is -1.87. The van der Waals surface area contributed by atoms with E-state index in [0.29, 0.717) is 19.4 Å². The Morgan fingerprint density at radius 2 is 1.68 bits per heavy atom. The first-order valence-electron chi connectivity index (χ1n) is 9.32. The summed E-state index contributed by atoms with van der Waals surface area (Å²) in [6.07, 6.45) is 25.6. The zero-order valence-electron chi connectivity index (χ0n) is 15.8. The molecule has 3 nitrogen and oxygen atoms in total. The molecule has 0 heterocycles. The molecule has 0 bridgehead atoms. The lowest BCUT2D eigenvalue weighted by Crippen LogP contribution is -2.02. The van der Waals surface area contributed by atoms with Gasteiger partial charge in [0, 0.05) is 6.42 Å². The predicted octanol–water partition coefficient (Wildman–Crippen LogP) is 5.44. The normalized spacial score (nSPS) is 13.9. The van der Waals surface area contributed by atoms with Gasteiger partial charge in [-0.3, -0.25) is 4.79 Å². The third-order valence-corrected chi connectivity index (χ3v) is 3.30. The maximum Gasteiger partial charge on any atom is 0.305 e. The zero-order chi connectivity index (χ0) is 18.6. The lowest BCUT2D eigenvalue weighted by atomic mass is 10.2. The molecule has 0 aliphatic rings. The van der Waals surface area contributed by atoms with Crippen molar-refractivity contribution in [2.24, 2.45) is 0 Å². The molecule has 0 saturated heterocycles. The highest BCUT2D eigenvalue weighted by atomic mass is 16.5. The van der Waals surface area contributed by atoms with E-state index in [2.05, 4.69) is 43.4 Å². The largest absolute Gasteiger partial charge is 0.466 e. The fraction of sp³-hybridized carbons (Fsp3) is 0.500. The van der Waals surface area contributed by atoms with Crippen molar-refractivity contribution in [1.82, 2.24) is 0 Å². The molecule has 0 spiro atoms. The second-order valence-electron chi connectivity index (χ2n) is 5.61. The number of aliphatic hydroxyl groups is 1. The summed E-state index contributed by atoms with van der Waals surface area (Å²) < 4.78 is 4.87. The van der Waals surface area contributed by atoms with Crippen molar-refractivity contribution in [2.75, 3.05) is 6.61 Å². The van der Waals surface area contributed by atoms with Crippen LogP contribution in [0.5, 0.6) is 0 Å². The average molecular weight is 347 g/mol. The van der Waals surface area contributed by atoms with Crippen LogP contribution in [0.3, 0.4) is 0 Å². The Kier molecular flexibility index (Phi) is 17.1. The molecule has 140 valence electrons. The molecular formula is C22H34O3. The van der Waals surface area contributed by atoms with Crippen molar-refractivity contribution >= 4 is 5.97 Å². The SMILES string of the molecule is CC/C=C/CC(O)/C=C/C=C/C/C=C/C/C=C/CCCC(=O)OCC. The molecule has 0 amide bonds. The molecule has 0 aromatic rings. The molecule has 0 saturated carbocycles. The number of carbonyl (C=O) groups excluding carboxylic acids is 1. The van der Waals surface area contributed by atoms with Crippen LogP contribution in [0, 0.1) is 0 Å². The minimum atomic E-state index is -0.406. The third kappa shape index (κ3) is 18.3. The summed E-state index contributed by atoms with van der Waals surface area (Å²) in [7, 11) is 0. The summed E-state index contributed by atoms with van der Waals surface area (Å²) in [6, 6.07) is 0. The van der Waals surface area contributed by atoms with Crippen LogP contribution >= 0.6 is 0 Å². The third-order valence-electron chi connectivity index (χ3n) is 3.30. The second-order valence-corrected chi connectivity index (χ2v) is 5.61. The highest BCUT2D eigenvalue weighted by Crippen LogP contribution is 2.01. The van der Waals surface area contributed by atoms with Gasteiger partial charge in [-0.1, -0.05) is 67.7 Å². The molecule has 25 heavy (non-hydrogen) atoms. The van der Waals surface area contributed by atoms with E-state index in [0.717, 1.165) is 32.1 Å². The number of unbranched alkanes of at least 4 members (excludes halogenated alkanes) is 1. The summed E-state index contributed by atoms with van der Waals surface area (Å²) in [4.78, 5) is 11.1. The molecule has 0 aromatic heterocycles. The lowest BCUT2D eigenvalue weighted by Gasteiger charge is -1.98. The first kappa shape index (κ1) is 23.1. The fourth-order valence-corrected chi connectivity index (χ4v) is 1.99. The smallest absolute Gasteiger partial charge is 0.305 e. The van der Waals surface area contributed by atoms with Gasteiger partial charge in [-0.2, -0.15) is 0 Å². The van der Waals surface area contributed by atoms with Gasteiger partial charge in [0.2, 0.25) is 0 Å². The Balaban J connectivity index is 3.63. The van der Waals surface area contributed by atoms with E-state index in [1.807, 2.05) is 25.2 Å². The molecule has 0 aliphatic carbocycles. The number of hydrogen-bond acceptors (Lipinski definition) is 3. The predicted molar refractivity (Wildman–Crippen MR) is 106 cm³/mol. The van der Waals surface area contributed by atoms with Crippen molar-refractivity contribution in [3.05, 3.63) is 60.8 Å². The lowest BCUT2D eigenvalue weighted by molar-refractivity contribution is -0.143. The molecule has 0 aromatic carbocycles. The van der Waals surface area contributed by atoms with E-state index >= 15 is 0 Å². The summed E-state index contributed by atoms with van der Waals surface area (Å²) in [5, 5.41) is 9.68. The first-order chi connectivity index (χ1) is 12.2. The maximum absolute atomic E-state index is 11.1. The molecular weight excluding hydrogens is 312 g/mol. The van der Waals surface area contributed by atoms with Gasteiger partial charge in [-0.15, -0.1) is 0 Å². The number of allylic oxidation sites excluding steroid dienone is 8. The molecule has 3 heteroatoms. The number of esters is 1. The van der Waals surface area contributed by atoms with E-state index in [-0.39, 0.29) is 5.97 Å². The van der Waals surface area contributed by atoms with Crippen LogP contribution in [0.2, 0.25) is 0 Å². The summed E-state index contributed by atoms with van der Waals surface area (Å²) in [5.74, 6) is -0.110. The van der Waals surface area contributed by atoms with Gasteiger partial charge >= 0.3 is 5.97 Å². The maximum atomic E-state index is 11.1. The van der Waals surface area contributed by atoms with Gasteiger partial charge in [0.1, 0.15) is 0 Å². The van der Waals surface area contributed by atoms with Crippen LogP contribution in [0.4, 0.5) is 0 Å². The van der Waals surface area contributed by atoms with Gasteiger partial charge in [0.25, 0.3) is 0 Å². The van der Waals surface area contributed by atoms with E-state index in [9.17, 15) is 9.90 Å². The minimum absolute atomic E-state index is 0.110. The Labute approximate surface area is 153 Å². The zero-order valence-corrected chi connectivity index (χ0v) is 15.8. The molecule has 0 rings (SSSR count). The monoisotopic (exact) mass is 346 g/mol. The first-order valence-corrected chi connectivity index (χ1v) is 9.32. The fourth-order valence-electron chi connectivity index (χ4n) is 1.99. The van der Waals surface area contributed by atoms with E-state index < -0.39 is 6.10 Å². The van der Waals surface area contributed by atoms with Gasteiger partial charge in [-0.05, 0) is 45.4 Å². The molecule has 0 aliphatic heterocycles. The van der Waals surface area contributed by atoms with Crippen molar-refractivity contribution in [3.8, 4) is 0 Å². The van der Waals surface area contributed by atoms with Crippen LogP contribution in [-0.4, -0.2) is 23.8 Å². The number of aliphatic hydroxyl groups excluding tert-OH is 1. The minimum Gasteiger partial charge on any atom is -0.466 e. The van der Waals surface area contributed by atoms with Gasteiger partial charge in [0.15, 0.2) is 0 Å². The van der Waals surface area contributed by atoms with E-state index in [4.69, 9.17) is 4.74 Å². The van der Waals surface area contributed by atoms with Crippen LogP contribution in [0.15, 0.2) is 60.8 Å². The summed E-state index contributed by atoms with van der Waals surface area (Å²) >= 11 is 0. The highest BCUT2D eigenvalue weighted by molar-refractivity contribution is 5.69. The number of ether oxygens (including phenoxy) is 1. The molecule has 0 fully saturated rings. The van der Waals surface area contributed by atoms with E-state index in [1.54, 1.807) is 6.08 Å². The molecule has 0 radical (unpaired) electrons. The van der Waals surface area contributed by atoms with Crippen molar-refractivity contribution in [1.29, 1.82) is 0 Å². The standard InChI is InChI=1S/C22H34O3/c1-3-5-15-18-21(23)19-16-13-11-9-7-6-8-10-12-14-17-20-22(24)25-4-2/h5-7,10-13,15-16,19,21,23H,3-4,8-9,14,17-18,20H2,1-2H3/b7-6+,12-10+,13-11+,15-5+,19-16+. The number of hydrogen-bond donors (Lipinski definition) is 1. The highest BCUT2D eigenvalue weighted by Gasteiger charge is 1.98. The van der Waals surface area contributed by atoms with Crippen molar-refractivity contribution < 1.29 is 14.6 Å². The quantitative estimate of drug-likeness (QED) is 0.197. The van der Waals surface area contributed by atoms with Crippen molar-refractivity contribution in [3.63, 3.8) is 0 Å². The van der Waals surface area contributed by atoms with Crippen LogP contribution in [-0.2, 0) is 9.53 Å². The summed E-state index contributed by atoms with van der Waals surface area (Å²) in [5.41, 5.74) is 0. The van der Waals surface area contributed by atoms with E-state index in [1.165, 1.54) is 0 Å². The Morgan fingerprint density at radius 3 is 2.40 bits per heavy atom. The molecule has 1 N–H and O–H groups in total. The van der Waals surface area contributed by atoms with Gasteiger partial charge in [0.05, 0.1) is 12.7 Å². The Bertz CT molecular complexity index is 456. The number of carbonyl (C=O) groups is 1. The number of rotatable bonds is 14. The van der Waals surface area contributed by atoms with Crippen LogP contribution < -0.4 is 0 Å². The molecule has 1 unspecified atom stereocenters. The van der Waals surface area contributed by atoms with Gasteiger partial charge < -0.3 is 9.84 Å². The van der Waals surface area contributed by atoms with Crippen molar-refractivity contribution in [2.45, 2.75) is 64.9 Å². The van der Waals surface area contributed by atoms with Gasteiger partial charge in [-0.25, -0.2) is 0 Å². The van der Waals surface area contributed by atoms with Crippen LogP contribution in [0.25, 0.3) is 0 Å². The second kappa shape index (κ2) is 18.5.